The largest absolute Gasteiger partial charge is 0.489 e. The van der Waals surface area contributed by atoms with Gasteiger partial charge in [-0.05, 0) is 55.8 Å². The van der Waals surface area contributed by atoms with Crippen LogP contribution in [-0.2, 0) is 6.54 Å². The minimum absolute atomic E-state index is 0.0156. The number of para-hydroxylation sites is 2. The smallest absolute Gasteiger partial charge is 0.274 e. The summed E-state index contributed by atoms with van der Waals surface area (Å²) in [5.74, 6) is 0.343. The first kappa shape index (κ1) is 18.4. The van der Waals surface area contributed by atoms with Gasteiger partial charge in [0.1, 0.15) is 11.4 Å². The van der Waals surface area contributed by atoms with E-state index in [1.165, 1.54) is 0 Å². The van der Waals surface area contributed by atoms with Gasteiger partial charge >= 0.3 is 0 Å². The Morgan fingerprint density at radius 3 is 2.63 bits per heavy atom. The number of aromatic nitrogens is 2. The quantitative estimate of drug-likeness (QED) is 0.661. The number of carbonyl (C=O) groups is 1. The van der Waals surface area contributed by atoms with Crippen molar-refractivity contribution in [1.29, 1.82) is 0 Å². The Hall–Kier alpha value is -3.41. The number of ether oxygens (including phenoxy) is 1. The molecular formula is C21H22N4O2. The molecule has 0 atom stereocenters. The molecule has 138 valence electrons. The van der Waals surface area contributed by atoms with Gasteiger partial charge in [-0.1, -0.05) is 12.1 Å². The molecule has 6 nitrogen and oxygen atoms in total. The number of nitrogens with one attached hydrogen (secondary N) is 2. The van der Waals surface area contributed by atoms with Crippen LogP contribution in [0.3, 0.4) is 0 Å². The third-order valence-electron chi connectivity index (χ3n) is 3.74. The molecule has 3 rings (SSSR count). The van der Waals surface area contributed by atoms with Gasteiger partial charge in [0.15, 0.2) is 0 Å². The van der Waals surface area contributed by atoms with Gasteiger partial charge in [-0.2, -0.15) is 0 Å². The Kier molecular flexibility index (Phi) is 5.99. The van der Waals surface area contributed by atoms with Gasteiger partial charge in [-0.25, -0.2) is 0 Å². The van der Waals surface area contributed by atoms with Crippen molar-refractivity contribution < 1.29 is 9.53 Å². The van der Waals surface area contributed by atoms with E-state index >= 15 is 0 Å². The highest BCUT2D eigenvalue weighted by molar-refractivity contribution is 6.04. The molecule has 1 aromatic carbocycles. The fourth-order valence-electron chi connectivity index (χ4n) is 2.48. The molecule has 2 heterocycles. The number of hydrogen-bond donors (Lipinski definition) is 2. The third kappa shape index (κ3) is 5.28. The Bertz CT molecular complexity index is 897. The molecule has 3 aromatic rings. The molecule has 6 heteroatoms. The molecule has 0 fully saturated rings. The van der Waals surface area contributed by atoms with Crippen molar-refractivity contribution >= 4 is 17.3 Å². The molecule has 1 amide bonds. The standard InChI is InChI=1S/C21H22N4O2/c1-15(2)27-20-6-4-3-5-18(20)25-21(26)19-13-17(9-12-23-19)24-14-16-7-10-22-11-8-16/h3-13,15H,14H2,1-2H3,(H,23,24)(H,25,26). The van der Waals surface area contributed by atoms with E-state index < -0.39 is 0 Å². The normalized spacial score (nSPS) is 10.5. The maximum atomic E-state index is 12.6. The second-order valence-corrected chi connectivity index (χ2v) is 6.26. The van der Waals surface area contributed by atoms with Crippen LogP contribution in [0.25, 0.3) is 0 Å². The van der Waals surface area contributed by atoms with E-state index in [1.807, 2.05) is 50.2 Å². The molecule has 2 N–H and O–H groups in total. The van der Waals surface area contributed by atoms with Gasteiger partial charge in [-0.15, -0.1) is 0 Å². The maximum absolute atomic E-state index is 12.6. The maximum Gasteiger partial charge on any atom is 0.274 e. The van der Waals surface area contributed by atoms with Crippen LogP contribution in [0.2, 0.25) is 0 Å². The number of benzene rings is 1. The van der Waals surface area contributed by atoms with Gasteiger partial charge in [-0.3, -0.25) is 14.8 Å². The molecule has 0 radical (unpaired) electrons. The molecule has 27 heavy (non-hydrogen) atoms. The summed E-state index contributed by atoms with van der Waals surface area (Å²) < 4.78 is 5.74. The summed E-state index contributed by atoms with van der Waals surface area (Å²) >= 11 is 0. The summed E-state index contributed by atoms with van der Waals surface area (Å²) in [6.07, 6.45) is 5.13. The first-order valence-corrected chi connectivity index (χ1v) is 8.77. The van der Waals surface area contributed by atoms with Crippen LogP contribution < -0.4 is 15.4 Å². The molecule has 0 aliphatic carbocycles. The van der Waals surface area contributed by atoms with Crippen molar-refractivity contribution in [2.45, 2.75) is 26.5 Å². The van der Waals surface area contributed by atoms with Crippen LogP contribution in [-0.4, -0.2) is 22.0 Å². The monoisotopic (exact) mass is 362 g/mol. The summed E-state index contributed by atoms with van der Waals surface area (Å²) in [6, 6.07) is 14.8. The number of pyridine rings is 2. The van der Waals surface area contributed by atoms with Gasteiger partial charge in [0, 0.05) is 30.8 Å². The Morgan fingerprint density at radius 2 is 1.85 bits per heavy atom. The van der Waals surface area contributed by atoms with Crippen LogP contribution in [0.1, 0.15) is 29.9 Å². The van der Waals surface area contributed by atoms with Crippen molar-refractivity contribution in [1.82, 2.24) is 9.97 Å². The molecule has 0 aliphatic rings. The van der Waals surface area contributed by atoms with E-state index in [0.717, 1.165) is 11.3 Å². The lowest BCUT2D eigenvalue weighted by molar-refractivity contribution is 0.102. The zero-order valence-corrected chi connectivity index (χ0v) is 15.3. The van der Waals surface area contributed by atoms with Crippen molar-refractivity contribution in [3.63, 3.8) is 0 Å². The summed E-state index contributed by atoms with van der Waals surface area (Å²) in [5.41, 5.74) is 2.87. The second kappa shape index (κ2) is 8.80. The molecule has 0 saturated carbocycles. The van der Waals surface area contributed by atoms with Crippen LogP contribution in [0.15, 0.2) is 67.1 Å². The fourth-order valence-corrected chi connectivity index (χ4v) is 2.48. The molecule has 0 saturated heterocycles. The van der Waals surface area contributed by atoms with Gasteiger partial charge in [0.05, 0.1) is 11.8 Å². The van der Waals surface area contributed by atoms with E-state index in [4.69, 9.17) is 4.74 Å². The van der Waals surface area contributed by atoms with Crippen molar-refractivity contribution in [2.75, 3.05) is 10.6 Å². The van der Waals surface area contributed by atoms with E-state index in [9.17, 15) is 4.79 Å². The number of amides is 1. The van der Waals surface area contributed by atoms with Crippen LogP contribution >= 0.6 is 0 Å². The molecule has 0 unspecified atom stereocenters. The highest BCUT2D eigenvalue weighted by Gasteiger charge is 2.12. The second-order valence-electron chi connectivity index (χ2n) is 6.26. The van der Waals surface area contributed by atoms with E-state index in [-0.39, 0.29) is 12.0 Å². The number of nitrogens with zero attached hydrogens (tertiary/aromatic N) is 2. The zero-order valence-electron chi connectivity index (χ0n) is 15.3. The molecular weight excluding hydrogens is 340 g/mol. The first-order valence-electron chi connectivity index (χ1n) is 8.77. The molecule has 2 aromatic heterocycles. The number of rotatable bonds is 7. The van der Waals surface area contributed by atoms with Crippen LogP contribution in [0, 0.1) is 0 Å². The average molecular weight is 362 g/mol. The van der Waals surface area contributed by atoms with Crippen molar-refractivity contribution in [3.05, 3.63) is 78.4 Å². The number of hydrogen-bond acceptors (Lipinski definition) is 5. The predicted molar refractivity (Wildman–Crippen MR) is 106 cm³/mol. The minimum atomic E-state index is -0.289. The lowest BCUT2D eigenvalue weighted by atomic mass is 10.2. The predicted octanol–water partition coefficient (Wildman–Crippen LogP) is 4.13. The van der Waals surface area contributed by atoms with Gasteiger partial charge < -0.3 is 15.4 Å². The zero-order chi connectivity index (χ0) is 19.1. The van der Waals surface area contributed by atoms with E-state index in [1.54, 1.807) is 30.7 Å². The van der Waals surface area contributed by atoms with E-state index in [2.05, 4.69) is 20.6 Å². The SMILES string of the molecule is CC(C)Oc1ccccc1NC(=O)c1cc(NCc2ccncc2)ccn1. The summed E-state index contributed by atoms with van der Waals surface area (Å²) in [6.45, 7) is 4.52. The molecule has 0 aliphatic heterocycles. The molecule has 0 spiro atoms. The van der Waals surface area contributed by atoms with Crippen molar-refractivity contribution in [2.24, 2.45) is 0 Å². The summed E-state index contributed by atoms with van der Waals surface area (Å²) in [7, 11) is 0. The lowest BCUT2D eigenvalue weighted by Crippen LogP contribution is -2.16. The Balaban J connectivity index is 1.69. The average Bonchev–Trinajstić information content (AvgIpc) is 2.68. The van der Waals surface area contributed by atoms with Gasteiger partial charge in [0.2, 0.25) is 0 Å². The topological polar surface area (TPSA) is 76.1 Å². The number of carbonyl (C=O) groups excluding carboxylic acids is 1. The van der Waals surface area contributed by atoms with Gasteiger partial charge in [0.25, 0.3) is 5.91 Å². The highest BCUT2D eigenvalue weighted by Crippen LogP contribution is 2.25. The third-order valence-corrected chi connectivity index (χ3v) is 3.74. The minimum Gasteiger partial charge on any atom is -0.489 e. The van der Waals surface area contributed by atoms with E-state index in [0.29, 0.717) is 23.7 Å². The lowest BCUT2D eigenvalue weighted by Gasteiger charge is -2.14. The van der Waals surface area contributed by atoms with Crippen molar-refractivity contribution in [3.8, 4) is 5.75 Å². The summed E-state index contributed by atoms with van der Waals surface area (Å²) in [5, 5.41) is 6.16. The first-order chi connectivity index (χ1) is 13.1. The Labute approximate surface area is 158 Å². The Morgan fingerprint density at radius 1 is 1.07 bits per heavy atom. The number of anilines is 2. The fraction of sp³-hybridized carbons (Fsp3) is 0.190. The molecule has 0 bridgehead atoms. The highest BCUT2D eigenvalue weighted by atomic mass is 16.5. The van der Waals surface area contributed by atoms with Crippen LogP contribution in [0.4, 0.5) is 11.4 Å². The van der Waals surface area contributed by atoms with Crippen LogP contribution in [0.5, 0.6) is 5.75 Å². The summed E-state index contributed by atoms with van der Waals surface area (Å²) in [4.78, 5) is 20.8.